The number of hydrogen-bond donors (Lipinski definition) is 1. The van der Waals surface area contributed by atoms with E-state index in [1.54, 1.807) is 6.20 Å². The van der Waals surface area contributed by atoms with Crippen molar-refractivity contribution in [2.75, 3.05) is 26.4 Å². The number of aromatic nitrogens is 2. The molecule has 0 bridgehead atoms. The maximum atomic E-state index is 10.8. The lowest BCUT2D eigenvalue weighted by atomic mass is 9.96. The summed E-state index contributed by atoms with van der Waals surface area (Å²) < 4.78 is 2.75. The molecule has 1 fully saturated rings. The molecule has 4 nitrogen and oxygen atoms in total. The molecule has 0 aromatic carbocycles. The topological polar surface area (TPSA) is 41.3 Å². The highest BCUT2D eigenvalue weighted by Gasteiger charge is 2.40. The Kier molecular flexibility index (Phi) is 4.98. The zero-order valence-electron chi connectivity index (χ0n) is 11.8. The lowest BCUT2D eigenvalue weighted by Crippen LogP contribution is -2.30. The van der Waals surface area contributed by atoms with Crippen LogP contribution in [0.1, 0.15) is 31.6 Å². The van der Waals surface area contributed by atoms with Gasteiger partial charge in [0.05, 0.1) is 22.9 Å². The minimum absolute atomic E-state index is 0.0849. The molecular formula is C13H22BrN3OS. The van der Waals surface area contributed by atoms with Crippen LogP contribution in [0.25, 0.3) is 0 Å². The molecule has 0 aliphatic carbocycles. The smallest absolute Gasteiger partial charge is 0.111 e. The van der Waals surface area contributed by atoms with Crippen molar-refractivity contribution < 1.29 is 5.11 Å². The summed E-state index contributed by atoms with van der Waals surface area (Å²) in [5.74, 6) is 1.14. The van der Waals surface area contributed by atoms with Crippen LogP contribution in [0.3, 0.4) is 0 Å². The number of aliphatic hydroxyl groups is 1. The van der Waals surface area contributed by atoms with Gasteiger partial charge in [-0.1, -0.05) is 0 Å². The predicted molar refractivity (Wildman–Crippen MR) is 83.5 cm³/mol. The summed E-state index contributed by atoms with van der Waals surface area (Å²) in [5, 5.41) is 15.2. The normalized spacial score (nSPS) is 25.2. The fraction of sp³-hybridized carbons (Fsp3) is 0.769. The van der Waals surface area contributed by atoms with Crippen LogP contribution in [0.4, 0.5) is 0 Å². The van der Waals surface area contributed by atoms with Gasteiger partial charge in [-0.25, -0.2) is 0 Å². The van der Waals surface area contributed by atoms with E-state index in [-0.39, 0.29) is 4.75 Å². The van der Waals surface area contributed by atoms with E-state index in [1.165, 1.54) is 6.42 Å². The Balaban J connectivity index is 2.20. The van der Waals surface area contributed by atoms with E-state index < -0.39 is 6.10 Å². The maximum absolute atomic E-state index is 10.8. The number of halogens is 1. The first kappa shape index (κ1) is 15.4. The zero-order chi connectivity index (χ0) is 14.0. The lowest BCUT2D eigenvalue weighted by Gasteiger charge is -2.30. The first-order valence-corrected chi connectivity index (χ1v) is 8.40. The molecule has 1 saturated heterocycles. The predicted octanol–water partition coefficient (Wildman–Crippen LogP) is 2.53. The van der Waals surface area contributed by atoms with E-state index in [1.807, 2.05) is 30.5 Å². The largest absolute Gasteiger partial charge is 0.385 e. The molecule has 2 atom stereocenters. The van der Waals surface area contributed by atoms with Crippen molar-refractivity contribution >= 4 is 27.7 Å². The van der Waals surface area contributed by atoms with E-state index in [0.29, 0.717) is 0 Å². The van der Waals surface area contributed by atoms with Gasteiger partial charge in [0.25, 0.3) is 0 Å². The number of likely N-dealkylation sites (N-methyl/N-ethyl adjacent to an activating group) is 1. The summed E-state index contributed by atoms with van der Waals surface area (Å²) in [4.78, 5) is 2.12. The Morgan fingerprint density at radius 1 is 1.63 bits per heavy atom. The standard InChI is InChI=1S/C13H22BrN3OS/c1-13(5-4-8-19-13)12(18)11-10(14)9-15-17(11)7-6-16(2)3/h9,12,18H,4-8H2,1-3H3. The van der Waals surface area contributed by atoms with Gasteiger partial charge < -0.3 is 10.0 Å². The van der Waals surface area contributed by atoms with Crippen LogP contribution in [0, 0.1) is 0 Å². The van der Waals surface area contributed by atoms with E-state index in [9.17, 15) is 5.11 Å². The van der Waals surface area contributed by atoms with Gasteiger partial charge in [-0.2, -0.15) is 16.9 Å². The van der Waals surface area contributed by atoms with E-state index in [2.05, 4.69) is 32.9 Å². The molecule has 2 heterocycles. The van der Waals surface area contributed by atoms with Crippen LogP contribution in [-0.2, 0) is 6.54 Å². The molecule has 0 amide bonds. The van der Waals surface area contributed by atoms with Crippen molar-refractivity contribution in [3.05, 3.63) is 16.4 Å². The quantitative estimate of drug-likeness (QED) is 0.888. The van der Waals surface area contributed by atoms with Crippen molar-refractivity contribution in [3.63, 3.8) is 0 Å². The summed E-state index contributed by atoms with van der Waals surface area (Å²) in [6.45, 7) is 3.87. The van der Waals surface area contributed by atoms with Crippen LogP contribution in [0.15, 0.2) is 10.7 Å². The maximum Gasteiger partial charge on any atom is 0.111 e. The van der Waals surface area contributed by atoms with Gasteiger partial charge in [-0.05, 0) is 55.5 Å². The Hall–Kier alpha value is -0.0400. The molecule has 1 aromatic rings. The third-order valence-electron chi connectivity index (χ3n) is 3.68. The summed E-state index contributed by atoms with van der Waals surface area (Å²) >= 11 is 5.40. The average Bonchev–Trinajstić information content (AvgIpc) is 2.93. The number of thioether (sulfide) groups is 1. The zero-order valence-corrected chi connectivity index (χ0v) is 14.2. The minimum Gasteiger partial charge on any atom is -0.385 e. The first-order valence-electron chi connectivity index (χ1n) is 6.62. The molecule has 1 aliphatic heterocycles. The SMILES string of the molecule is CN(C)CCn1ncc(Br)c1C(O)C1(C)CCCS1. The molecule has 2 rings (SSSR count). The van der Waals surface area contributed by atoms with Gasteiger partial charge in [0.2, 0.25) is 0 Å². The Bertz CT molecular complexity index is 430. The second kappa shape index (κ2) is 6.16. The summed E-state index contributed by atoms with van der Waals surface area (Å²) in [5.41, 5.74) is 0.916. The monoisotopic (exact) mass is 347 g/mol. The van der Waals surface area contributed by atoms with Crippen molar-refractivity contribution in [1.82, 2.24) is 14.7 Å². The summed E-state index contributed by atoms with van der Waals surface area (Å²) in [6.07, 6.45) is 3.56. The molecule has 19 heavy (non-hydrogen) atoms. The molecule has 2 unspecified atom stereocenters. The molecule has 108 valence electrons. The molecule has 0 spiro atoms. The number of aliphatic hydroxyl groups excluding tert-OH is 1. The van der Waals surface area contributed by atoms with Gasteiger partial charge in [0, 0.05) is 11.3 Å². The fourth-order valence-corrected chi connectivity index (χ4v) is 4.25. The van der Waals surface area contributed by atoms with Crippen molar-refractivity contribution in [2.45, 2.75) is 37.2 Å². The Morgan fingerprint density at radius 3 is 2.95 bits per heavy atom. The number of rotatable bonds is 5. The molecule has 0 saturated carbocycles. The average molecular weight is 348 g/mol. The first-order chi connectivity index (χ1) is 8.94. The Labute approximate surface area is 127 Å². The number of nitrogens with zero attached hydrogens (tertiary/aromatic N) is 3. The van der Waals surface area contributed by atoms with Crippen molar-refractivity contribution in [3.8, 4) is 0 Å². The van der Waals surface area contributed by atoms with Gasteiger partial charge in [-0.3, -0.25) is 4.68 Å². The highest BCUT2D eigenvalue weighted by atomic mass is 79.9. The van der Waals surface area contributed by atoms with Crippen LogP contribution in [-0.4, -0.2) is 50.9 Å². The number of hydrogen-bond acceptors (Lipinski definition) is 4. The molecule has 1 aromatic heterocycles. The van der Waals surface area contributed by atoms with Crippen molar-refractivity contribution in [2.24, 2.45) is 0 Å². The second-order valence-corrected chi connectivity index (χ2v) is 8.06. The molecule has 1 N–H and O–H groups in total. The van der Waals surface area contributed by atoms with Crippen LogP contribution in [0.5, 0.6) is 0 Å². The Morgan fingerprint density at radius 2 is 2.37 bits per heavy atom. The third kappa shape index (κ3) is 3.35. The highest BCUT2D eigenvalue weighted by Crippen LogP contribution is 2.47. The van der Waals surface area contributed by atoms with E-state index in [4.69, 9.17) is 0 Å². The molecule has 6 heteroatoms. The molecular weight excluding hydrogens is 326 g/mol. The van der Waals surface area contributed by atoms with Gasteiger partial charge in [0.1, 0.15) is 6.10 Å². The lowest BCUT2D eigenvalue weighted by molar-refractivity contribution is 0.123. The van der Waals surface area contributed by atoms with Crippen LogP contribution in [0.2, 0.25) is 0 Å². The van der Waals surface area contributed by atoms with Crippen LogP contribution < -0.4 is 0 Å². The van der Waals surface area contributed by atoms with Gasteiger partial charge in [-0.15, -0.1) is 0 Å². The highest BCUT2D eigenvalue weighted by molar-refractivity contribution is 9.10. The second-order valence-electron chi connectivity index (χ2n) is 5.57. The van der Waals surface area contributed by atoms with Gasteiger partial charge >= 0.3 is 0 Å². The van der Waals surface area contributed by atoms with Crippen LogP contribution >= 0.6 is 27.7 Å². The molecule has 0 radical (unpaired) electrons. The minimum atomic E-state index is -0.473. The van der Waals surface area contributed by atoms with E-state index >= 15 is 0 Å². The molecule has 1 aliphatic rings. The summed E-state index contributed by atoms with van der Waals surface area (Å²) in [7, 11) is 4.09. The van der Waals surface area contributed by atoms with Crippen molar-refractivity contribution in [1.29, 1.82) is 0 Å². The fourth-order valence-electron chi connectivity index (χ4n) is 2.42. The van der Waals surface area contributed by atoms with Gasteiger partial charge in [0.15, 0.2) is 0 Å². The van der Waals surface area contributed by atoms with E-state index in [0.717, 1.165) is 35.4 Å². The third-order valence-corrected chi connectivity index (χ3v) is 5.87. The summed E-state index contributed by atoms with van der Waals surface area (Å²) in [6, 6.07) is 0.